The van der Waals surface area contributed by atoms with Crippen molar-refractivity contribution in [3.05, 3.63) is 12.4 Å². The predicted octanol–water partition coefficient (Wildman–Crippen LogP) is -0.815. The third-order valence-electron chi connectivity index (χ3n) is 3.74. The van der Waals surface area contributed by atoms with Gasteiger partial charge in [-0.2, -0.15) is 0 Å². The normalized spacial score (nSPS) is 21.5. The predicted molar refractivity (Wildman–Crippen MR) is 84.9 cm³/mol. The minimum atomic E-state index is -0.938. The van der Waals surface area contributed by atoms with E-state index < -0.39 is 5.60 Å². The van der Waals surface area contributed by atoms with E-state index in [9.17, 15) is 9.90 Å². The first kappa shape index (κ1) is 16.4. The maximum atomic E-state index is 11.5. The molecule has 1 amide bonds. The Bertz CT molecular complexity index is 512. The Kier molecular flexibility index (Phi) is 5.51. The summed E-state index contributed by atoms with van der Waals surface area (Å²) in [4.78, 5) is 21.9. The number of nitrogens with one attached hydrogen (secondary N) is 3. The summed E-state index contributed by atoms with van der Waals surface area (Å²) in [7, 11) is 3.51. The van der Waals surface area contributed by atoms with E-state index in [-0.39, 0.29) is 19.0 Å². The Morgan fingerprint density at radius 3 is 3.00 bits per heavy atom. The van der Waals surface area contributed by atoms with Crippen molar-refractivity contribution in [3.63, 3.8) is 0 Å². The summed E-state index contributed by atoms with van der Waals surface area (Å²) in [5, 5.41) is 19.2. The lowest BCUT2D eigenvalue weighted by Gasteiger charge is -2.39. The summed E-state index contributed by atoms with van der Waals surface area (Å²) >= 11 is 0. The molecule has 0 unspecified atom stereocenters. The van der Waals surface area contributed by atoms with Gasteiger partial charge in [0.2, 0.25) is 5.91 Å². The van der Waals surface area contributed by atoms with Gasteiger partial charge in [-0.25, -0.2) is 9.97 Å². The van der Waals surface area contributed by atoms with Crippen LogP contribution in [0.3, 0.4) is 0 Å². The molecule has 1 fully saturated rings. The molecule has 122 valence electrons. The van der Waals surface area contributed by atoms with Crippen LogP contribution in [0.25, 0.3) is 0 Å². The highest BCUT2D eigenvalue weighted by Gasteiger charge is 2.34. The van der Waals surface area contributed by atoms with E-state index in [1.165, 1.54) is 6.33 Å². The molecule has 1 aromatic rings. The van der Waals surface area contributed by atoms with Gasteiger partial charge in [-0.05, 0) is 19.9 Å². The molecule has 0 aliphatic carbocycles. The van der Waals surface area contributed by atoms with Gasteiger partial charge in [0.25, 0.3) is 0 Å². The number of piperidine rings is 1. The van der Waals surface area contributed by atoms with Gasteiger partial charge in [0.05, 0.1) is 12.1 Å². The molecule has 8 nitrogen and oxygen atoms in total. The molecule has 0 spiro atoms. The zero-order chi connectivity index (χ0) is 16.0. The van der Waals surface area contributed by atoms with Crippen molar-refractivity contribution in [2.24, 2.45) is 0 Å². The van der Waals surface area contributed by atoms with Crippen molar-refractivity contribution in [3.8, 4) is 0 Å². The van der Waals surface area contributed by atoms with Crippen molar-refractivity contribution >= 4 is 17.5 Å². The third-order valence-corrected chi connectivity index (χ3v) is 3.74. The zero-order valence-electron chi connectivity index (χ0n) is 13.1. The summed E-state index contributed by atoms with van der Waals surface area (Å²) in [6.45, 7) is 1.76. The number of anilines is 2. The van der Waals surface area contributed by atoms with E-state index in [4.69, 9.17) is 0 Å². The van der Waals surface area contributed by atoms with Crippen LogP contribution in [0.15, 0.2) is 12.4 Å². The maximum Gasteiger partial charge on any atom is 0.234 e. The van der Waals surface area contributed by atoms with Crippen LogP contribution in [0.2, 0.25) is 0 Å². The average Bonchev–Trinajstić information content (AvgIpc) is 2.53. The van der Waals surface area contributed by atoms with E-state index in [2.05, 4.69) is 25.9 Å². The first-order valence-electron chi connectivity index (χ1n) is 7.45. The summed E-state index contributed by atoms with van der Waals surface area (Å²) < 4.78 is 0. The first-order chi connectivity index (χ1) is 10.6. The van der Waals surface area contributed by atoms with Crippen LogP contribution in [0.5, 0.6) is 0 Å². The number of aromatic nitrogens is 2. The number of hydrogen-bond acceptors (Lipinski definition) is 7. The Morgan fingerprint density at radius 2 is 2.27 bits per heavy atom. The number of carbonyl (C=O) groups is 1. The third kappa shape index (κ3) is 4.28. The number of rotatable bonds is 6. The molecule has 0 radical (unpaired) electrons. The van der Waals surface area contributed by atoms with Crippen molar-refractivity contribution in [2.45, 2.75) is 18.4 Å². The van der Waals surface area contributed by atoms with Gasteiger partial charge in [0.15, 0.2) is 0 Å². The van der Waals surface area contributed by atoms with E-state index in [1.54, 1.807) is 14.1 Å². The number of carbonyl (C=O) groups excluding carboxylic acids is 1. The number of β-amino-alcohol motifs (C(OH)–C–C–N with tert-alkyl or cyclic N) is 1. The van der Waals surface area contributed by atoms with Crippen LogP contribution in [0.1, 0.15) is 12.8 Å². The number of nitrogens with zero attached hydrogens (tertiary/aromatic N) is 3. The minimum Gasteiger partial charge on any atom is -0.386 e. The van der Waals surface area contributed by atoms with Gasteiger partial charge in [-0.15, -0.1) is 0 Å². The molecule has 1 aliphatic heterocycles. The van der Waals surface area contributed by atoms with Gasteiger partial charge < -0.3 is 26.0 Å². The summed E-state index contributed by atoms with van der Waals surface area (Å²) in [6.07, 6.45) is 3.01. The Balaban J connectivity index is 1.99. The molecule has 1 aliphatic rings. The second kappa shape index (κ2) is 7.37. The topological polar surface area (TPSA) is 102 Å². The zero-order valence-corrected chi connectivity index (χ0v) is 13.1. The van der Waals surface area contributed by atoms with Crippen LogP contribution in [-0.4, -0.2) is 66.9 Å². The lowest BCUT2D eigenvalue weighted by Crippen LogP contribution is -2.55. The summed E-state index contributed by atoms with van der Waals surface area (Å²) in [5.74, 6) is 1.40. The Hall–Kier alpha value is -1.93. The second-order valence-corrected chi connectivity index (χ2v) is 5.57. The van der Waals surface area contributed by atoms with Gasteiger partial charge in [0.1, 0.15) is 18.0 Å². The molecule has 8 heteroatoms. The molecule has 0 saturated carbocycles. The highest BCUT2D eigenvalue weighted by Crippen LogP contribution is 2.25. The molecule has 0 aromatic carbocycles. The summed E-state index contributed by atoms with van der Waals surface area (Å²) in [6, 6.07) is 1.85. The molecule has 1 aromatic heterocycles. The first-order valence-corrected chi connectivity index (χ1v) is 7.45. The molecule has 2 heterocycles. The molecular formula is C14H24N6O2. The lowest BCUT2D eigenvalue weighted by molar-refractivity contribution is -0.121. The quantitative estimate of drug-likeness (QED) is 0.545. The van der Waals surface area contributed by atoms with Gasteiger partial charge in [-0.3, -0.25) is 4.79 Å². The summed E-state index contributed by atoms with van der Waals surface area (Å²) in [5.41, 5.74) is -0.938. The molecule has 1 saturated heterocycles. The van der Waals surface area contributed by atoms with Crippen molar-refractivity contribution < 1.29 is 9.90 Å². The standard InChI is InChI=1S/C14H24N6O2/c1-15-7-13(21)17-8-14(22)4-3-5-20(9-14)12-6-11(16-2)18-10-19-12/h6,10,15,22H,3-5,7-9H2,1-2H3,(H,17,21)(H,16,18,19)/t14-/m0/s1. The van der Waals surface area contributed by atoms with Crippen molar-refractivity contribution in [1.82, 2.24) is 20.6 Å². The van der Waals surface area contributed by atoms with Gasteiger partial charge in [0, 0.05) is 32.7 Å². The maximum absolute atomic E-state index is 11.5. The monoisotopic (exact) mass is 308 g/mol. The largest absolute Gasteiger partial charge is 0.386 e. The fourth-order valence-electron chi connectivity index (χ4n) is 2.60. The minimum absolute atomic E-state index is 0.118. The van der Waals surface area contributed by atoms with Crippen molar-refractivity contribution in [2.75, 3.05) is 50.5 Å². The van der Waals surface area contributed by atoms with Crippen LogP contribution in [0, 0.1) is 0 Å². The molecule has 4 N–H and O–H groups in total. The number of hydrogen-bond donors (Lipinski definition) is 4. The Labute approximate surface area is 130 Å². The molecule has 2 rings (SSSR count). The van der Waals surface area contributed by atoms with E-state index in [0.29, 0.717) is 13.0 Å². The number of aliphatic hydroxyl groups is 1. The molecule has 22 heavy (non-hydrogen) atoms. The van der Waals surface area contributed by atoms with E-state index in [1.807, 2.05) is 11.0 Å². The van der Waals surface area contributed by atoms with Gasteiger partial charge in [-0.1, -0.05) is 0 Å². The molecule has 1 atom stereocenters. The molecule has 0 bridgehead atoms. The van der Waals surface area contributed by atoms with Crippen LogP contribution in [-0.2, 0) is 4.79 Å². The highest BCUT2D eigenvalue weighted by molar-refractivity contribution is 5.78. The average molecular weight is 308 g/mol. The molecular weight excluding hydrogens is 284 g/mol. The van der Waals surface area contributed by atoms with Crippen LogP contribution in [0.4, 0.5) is 11.6 Å². The smallest absolute Gasteiger partial charge is 0.234 e. The SMILES string of the molecule is CNCC(=O)NC[C@@]1(O)CCCN(c2cc(NC)ncn2)C1. The van der Waals surface area contributed by atoms with Crippen LogP contribution < -0.4 is 20.9 Å². The van der Waals surface area contributed by atoms with E-state index in [0.717, 1.165) is 24.6 Å². The van der Waals surface area contributed by atoms with Gasteiger partial charge >= 0.3 is 0 Å². The second-order valence-electron chi connectivity index (χ2n) is 5.57. The number of likely N-dealkylation sites (N-methyl/N-ethyl adjacent to an activating group) is 1. The van der Waals surface area contributed by atoms with Crippen molar-refractivity contribution in [1.29, 1.82) is 0 Å². The fourth-order valence-corrected chi connectivity index (χ4v) is 2.60. The lowest BCUT2D eigenvalue weighted by atomic mass is 9.92. The fraction of sp³-hybridized carbons (Fsp3) is 0.643. The highest BCUT2D eigenvalue weighted by atomic mass is 16.3. The Morgan fingerprint density at radius 1 is 1.45 bits per heavy atom. The number of amides is 1. The van der Waals surface area contributed by atoms with E-state index >= 15 is 0 Å². The van der Waals surface area contributed by atoms with Crippen LogP contribution >= 0.6 is 0 Å².